The Hall–Kier alpha value is -3.14. The fraction of sp³-hybridized carbons (Fsp3) is 0.0625. The monoisotopic (exact) mass is 576 g/mol. The first-order valence-electron chi connectivity index (χ1n) is 12.0. The average Bonchev–Trinajstić information content (AvgIpc) is 2.86. The van der Waals surface area contributed by atoms with Gasteiger partial charge in [-0.3, -0.25) is 0 Å². The van der Waals surface area contributed by atoms with E-state index in [4.69, 9.17) is 46.4 Å². The Balaban J connectivity index is 1.62. The normalized spacial score (nSPS) is 10.9. The van der Waals surface area contributed by atoms with Crippen LogP contribution in [0.2, 0.25) is 20.1 Å². The summed E-state index contributed by atoms with van der Waals surface area (Å²) in [4.78, 5) is 4.26. The van der Waals surface area contributed by atoms with Crippen molar-refractivity contribution in [3.63, 3.8) is 0 Å². The van der Waals surface area contributed by atoms with Gasteiger partial charge in [0.25, 0.3) is 0 Å². The first-order chi connectivity index (χ1) is 18.3. The summed E-state index contributed by atoms with van der Waals surface area (Å²) in [5.41, 5.74) is 8.03. The molecule has 0 N–H and O–H groups in total. The van der Waals surface area contributed by atoms with Crippen LogP contribution in [0, 0.1) is 13.8 Å². The van der Waals surface area contributed by atoms with Crippen LogP contribution in [0.25, 0.3) is 0 Å². The molecule has 0 amide bonds. The van der Waals surface area contributed by atoms with Gasteiger partial charge in [-0.1, -0.05) is 81.8 Å². The van der Waals surface area contributed by atoms with E-state index in [2.05, 4.69) is 96.4 Å². The Labute approximate surface area is 243 Å². The zero-order chi connectivity index (χ0) is 26.8. The number of hydrogen-bond acceptors (Lipinski definition) is 2. The molecular weight excluding hydrogens is 554 g/mol. The number of aryl methyl sites for hydroxylation is 2. The SMILES string of the molecule is Cc1ccc(N(c2ccc(N(c3ccc(C)cc3)c3cc(Cl)cc(Cl)c3)cc2)c2cc(Cl)cc(Cl)c2)cc1. The summed E-state index contributed by atoms with van der Waals surface area (Å²) in [7, 11) is 0. The molecule has 0 atom stereocenters. The Morgan fingerprint density at radius 2 is 0.579 bits per heavy atom. The molecule has 38 heavy (non-hydrogen) atoms. The van der Waals surface area contributed by atoms with Crippen molar-refractivity contribution in [1.82, 2.24) is 0 Å². The average molecular weight is 578 g/mol. The largest absolute Gasteiger partial charge is 0.310 e. The number of rotatable bonds is 6. The van der Waals surface area contributed by atoms with Crippen LogP contribution in [0.15, 0.2) is 109 Å². The van der Waals surface area contributed by atoms with E-state index in [1.807, 2.05) is 24.3 Å². The number of hydrogen-bond donors (Lipinski definition) is 0. The highest BCUT2D eigenvalue weighted by Gasteiger charge is 2.17. The highest BCUT2D eigenvalue weighted by Crippen LogP contribution is 2.41. The van der Waals surface area contributed by atoms with Gasteiger partial charge in [0.15, 0.2) is 0 Å². The van der Waals surface area contributed by atoms with Crippen LogP contribution in [-0.2, 0) is 0 Å². The van der Waals surface area contributed by atoms with Gasteiger partial charge in [0.2, 0.25) is 0 Å². The summed E-state index contributed by atoms with van der Waals surface area (Å²) < 4.78 is 0. The quantitative estimate of drug-likeness (QED) is 0.198. The molecule has 5 aromatic rings. The van der Waals surface area contributed by atoms with Crippen molar-refractivity contribution in [3.05, 3.63) is 140 Å². The van der Waals surface area contributed by atoms with Crippen molar-refractivity contribution < 1.29 is 0 Å². The minimum atomic E-state index is 0.574. The number of anilines is 6. The fourth-order valence-electron chi connectivity index (χ4n) is 4.37. The maximum Gasteiger partial charge on any atom is 0.0491 e. The molecule has 2 nitrogen and oxygen atoms in total. The molecule has 0 saturated heterocycles. The van der Waals surface area contributed by atoms with Crippen LogP contribution in [0.5, 0.6) is 0 Å². The molecule has 0 aliphatic heterocycles. The van der Waals surface area contributed by atoms with E-state index in [0.29, 0.717) is 20.1 Å². The maximum atomic E-state index is 6.39. The third kappa shape index (κ3) is 5.95. The summed E-state index contributed by atoms with van der Waals surface area (Å²) in [5, 5.41) is 2.29. The molecule has 0 aliphatic carbocycles. The van der Waals surface area contributed by atoms with Gasteiger partial charge in [-0.05, 0) is 98.8 Å². The summed E-state index contributed by atoms with van der Waals surface area (Å²) in [6, 6.07) is 36.1. The summed E-state index contributed by atoms with van der Waals surface area (Å²) in [5.74, 6) is 0. The van der Waals surface area contributed by atoms with Crippen molar-refractivity contribution in [1.29, 1.82) is 0 Å². The van der Waals surface area contributed by atoms with Gasteiger partial charge in [0.05, 0.1) is 0 Å². The maximum absolute atomic E-state index is 6.39. The lowest BCUT2D eigenvalue weighted by molar-refractivity contribution is 1.25. The fourth-order valence-corrected chi connectivity index (χ4v) is 5.40. The Morgan fingerprint density at radius 3 is 0.842 bits per heavy atom. The topological polar surface area (TPSA) is 6.48 Å². The highest BCUT2D eigenvalue weighted by atomic mass is 35.5. The van der Waals surface area contributed by atoms with Crippen molar-refractivity contribution >= 4 is 80.5 Å². The lowest BCUT2D eigenvalue weighted by atomic mass is 10.1. The smallest absolute Gasteiger partial charge is 0.0491 e. The van der Waals surface area contributed by atoms with E-state index in [-0.39, 0.29) is 0 Å². The van der Waals surface area contributed by atoms with E-state index < -0.39 is 0 Å². The zero-order valence-corrected chi connectivity index (χ0v) is 23.8. The highest BCUT2D eigenvalue weighted by molar-refractivity contribution is 6.35. The number of halogens is 4. The van der Waals surface area contributed by atoms with Crippen LogP contribution in [-0.4, -0.2) is 0 Å². The predicted molar refractivity (Wildman–Crippen MR) is 165 cm³/mol. The van der Waals surface area contributed by atoms with Gasteiger partial charge in [-0.2, -0.15) is 0 Å². The molecule has 5 rings (SSSR count). The molecule has 190 valence electrons. The molecular formula is C32H24Cl4N2. The molecule has 0 bridgehead atoms. The van der Waals surface area contributed by atoms with Gasteiger partial charge in [0, 0.05) is 54.2 Å². The molecule has 0 saturated carbocycles. The first-order valence-corrected chi connectivity index (χ1v) is 13.5. The van der Waals surface area contributed by atoms with Crippen LogP contribution >= 0.6 is 46.4 Å². The molecule has 0 radical (unpaired) electrons. The van der Waals surface area contributed by atoms with E-state index in [1.54, 1.807) is 12.1 Å². The first kappa shape index (κ1) is 26.5. The van der Waals surface area contributed by atoms with Crippen LogP contribution in [0.1, 0.15) is 11.1 Å². The standard InChI is InChI=1S/C32H24Cl4N2/c1-21-3-7-27(8-4-21)37(31-17-23(33)15-24(34)18-31)29-11-13-30(14-12-29)38(28-9-5-22(2)6-10-28)32-19-25(35)16-26(36)20-32/h3-20H,1-2H3. The van der Waals surface area contributed by atoms with Crippen LogP contribution in [0.4, 0.5) is 34.1 Å². The van der Waals surface area contributed by atoms with Gasteiger partial charge >= 0.3 is 0 Å². The lowest BCUT2D eigenvalue weighted by Crippen LogP contribution is -2.12. The third-order valence-corrected chi connectivity index (χ3v) is 7.03. The third-order valence-electron chi connectivity index (χ3n) is 6.16. The Morgan fingerprint density at radius 1 is 0.342 bits per heavy atom. The van der Waals surface area contributed by atoms with Gasteiger partial charge in [-0.15, -0.1) is 0 Å². The second kappa shape index (κ2) is 11.3. The molecule has 5 aromatic carbocycles. The number of benzene rings is 5. The molecule has 6 heteroatoms. The van der Waals surface area contributed by atoms with E-state index in [0.717, 1.165) is 34.1 Å². The van der Waals surface area contributed by atoms with Crippen molar-refractivity contribution in [2.24, 2.45) is 0 Å². The molecule has 0 fully saturated rings. The van der Waals surface area contributed by atoms with Gasteiger partial charge in [0.1, 0.15) is 0 Å². The second-order valence-corrected chi connectivity index (χ2v) is 10.9. The van der Waals surface area contributed by atoms with Crippen molar-refractivity contribution in [2.45, 2.75) is 13.8 Å². The summed E-state index contributed by atoms with van der Waals surface area (Å²) >= 11 is 25.6. The summed E-state index contributed by atoms with van der Waals surface area (Å²) in [6.45, 7) is 4.14. The van der Waals surface area contributed by atoms with Crippen molar-refractivity contribution in [3.8, 4) is 0 Å². The molecule has 0 aliphatic rings. The zero-order valence-electron chi connectivity index (χ0n) is 20.8. The molecule has 0 aromatic heterocycles. The predicted octanol–water partition coefficient (Wildman–Crippen LogP) is 11.9. The minimum absolute atomic E-state index is 0.574. The van der Waals surface area contributed by atoms with Gasteiger partial charge in [-0.25, -0.2) is 0 Å². The van der Waals surface area contributed by atoms with E-state index >= 15 is 0 Å². The molecule has 0 unspecified atom stereocenters. The Bertz CT molecular complexity index is 1400. The van der Waals surface area contributed by atoms with E-state index in [9.17, 15) is 0 Å². The number of nitrogens with zero attached hydrogens (tertiary/aromatic N) is 2. The Kier molecular flexibility index (Phi) is 7.88. The molecule has 0 spiro atoms. The van der Waals surface area contributed by atoms with Crippen LogP contribution in [0.3, 0.4) is 0 Å². The lowest BCUT2D eigenvalue weighted by Gasteiger charge is -2.29. The second-order valence-electron chi connectivity index (χ2n) is 9.11. The van der Waals surface area contributed by atoms with Crippen molar-refractivity contribution in [2.75, 3.05) is 9.80 Å². The molecule has 0 heterocycles. The van der Waals surface area contributed by atoms with Crippen LogP contribution < -0.4 is 9.80 Å². The minimum Gasteiger partial charge on any atom is -0.310 e. The van der Waals surface area contributed by atoms with Gasteiger partial charge < -0.3 is 9.80 Å². The van der Waals surface area contributed by atoms with E-state index in [1.165, 1.54) is 11.1 Å². The summed E-state index contributed by atoms with van der Waals surface area (Å²) in [6.07, 6.45) is 0.